The lowest BCUT2D eigenvalue weighted by atomic mass is 9.95. The van der Waals surface area contributed by atoms with Crippen LogP contribution in [-0.2, 0) is 6.42 Å². The van der Waals surface area contributed by atoms with Gasteiger partial charge in [0, 0.05) is 17.7 Å². The van der Waals surface area contributed by atoms with Crippen LogP contribution in [0, 0.1) is 18.3 Å². The van der Waals surface area contributed by atoms with Gasteiger partial charge in [-0.1, -0.05) is 11.2 Å². The van der Waals surface area contributed by atoms with Crippen LogP contribution in [0.4, 0.5) is 5.69 Å². The second kappa shape index (κ2) is 6.57. The molecule has 2 aromatic carbocycles. The Hall–Kier alpha value is -3.26. The minimum atomic E-state index is 0.107. The number of fused-ring (bicyclic) bond motifs is 3. The van der Waals surface area contributed by atoms with Crippen molar-refractivity contribution >= 4 is 5.69 Å². The molecule has 1 aliphatic rings. The van der Waals surface area contributed by atoms with Crippen LogP contribution < -0.4 is 10.1 Å². The summed E-state index contributed by atoms with van der Waals surface area (Å²) in [6, 6.07) is 15.9. The second-order valence-corrected chi connectivity index (χ2v) is 6.44. The molecule has 0 spiro atoms. The number of rotatable bonds is 3. The second-order valence-electron chi connectivity index (χ2n) is 6.44. The number of hydrogen-bond donors (Lipinski definition) is 1. The number of nitriles is 1. The van der Waals surface area contributed by atoms with Crippen molar-refractivity contribution in [1.82, 2.24) is 5.16 Å². The predicted octanol–water partition coefficient (Wildman–Crippen LogP) is 4.63. The highest BCUT2D eigenvalue weighted by atomic mass is 16.5. The molecule has 1 heterocycles. The fourth-order valence-electron chi connectivity index (χ4n) is 3.54. The third-order valence-electron chi connectivity index (χ3n) is 4.85. The van der Waals surface area contributed by atoms with Gasteiger partial charge in [-0.3, -0.25) is 0 Å². The Bertz CT molecular complexity index is 983. The topological polar surface area (TPSA) is 71.1 Å². The number of aryl methyl sites for hydroxylation is 2. The van der Waals surface area contributed by atoms with E-state index in [4.69, 9.17) is 14.5 Å². The van der Waals surface area contributed by atoms with Crippen molar-refractivity contribution in [3.8, 4) is 22.9 Å². The fraction of sp³-hybridized carbons (Fsp3) is 0.238. The Morgan fingerprint density at radius 3 is 2.77 bits per heavy atom. The monoisotopic (exact) mass is 345 g/mol. The number of aromatic nitrogens is 1. The first kappa shape index (κ1) is 16.2. The van der Waals surface area contributed by atoms with Gasteiger partial charge in [0.05, 0.1) is 30.5 Å². The van der Waals surface area contributed by atoms with Gasteiger partial charge in [-0.2, -0.15) is 5.26 Å². The lowest BCUT2D eigenvalue weighted by Gasteiger charge is -2.21. The maximum atomic E-state index is 8.98. The summed E-state index contributed by atoms with van der Waals surface area (Å²) in [4.78, 5) is 0. The molecule has 0 radical (unpaired) electrons. The molecule has 1 unspecified atom stereocenters. The molecule has 0 aliphatic heterocycles. The largest absolute Gasteiger partial charge is 0.497 e. The first-order valence-electron chi connectivity index (χ1n) is 8.59. The van der Waals surface area contributed by atoms with Crippen molar-refractivity contribution in [1.29, 1.82) is 5.26 Å². The molecule has 4 rings (SSSR count). The van der Waals surface area contributed by atoms with Crippen LogP contribution in [0.5, 0.6) is 5.75 Å². The number of nitrogens with zero attached hydrogens (tertiary/aromatic N) is 2. The first-order chi connectivity index (χ1) is 12.7. The molecule has 0 fully saturated rings. The number of methoxy groups -OCH3 is 1. The molecule has 0 saturated carbocycles. The van der Waals surface area contributed by atoms with Crippen molar-refractivity contribution in [3.05, 3.63) is 65.0 Å². The summed E-state index contributed by atoms with van der Waals surface area (Å²) in [6.45, 7) is 1.98. The predicted molar refractivity (Wildman–Crippen MR) is 99.1 cm³/mol. The van der Waals surface area contributed by atoms with E-state index in [1.54, 1.807) is 7.11 Å². The lowest BCUT2D eigenvalue weighted by molar-refractivity contribution is 0.376. The highest BCUT2D eigenvalue weighted by molar-refractivity contribution is 5.74. The van der Waals surface area contributed by atoms with E-state index in [1.807, 2.05) is 37.3 Å². The van der Waals surface area contributed by atoms with Crippen LogP contribution in [0.25, 0.3) is 11.1 Å². The van der Waals surface area contributed by atoms with Crippen LogP contribution in [0.15, 0.2) is 47.0 Å². The van der Waals surface area contributed by atoms with Gasteiger partial charge in [-0.15, -0.1) is 0 Å². The molecular formula is C21H19N3O2. The van der Waals surface area contributed by atoms with E-state index in [-0.39, 0.29) is 6.04 Å². The van der Waals surface area contributed by atoms with E-state index in [1.165, 1.54) is 5.56 Å². The summed E-state index contributed by atoms with van der Waals surface area (Å²) in [5.41, 5.74) is 5.93. The summed E-state index contributed by atoms with van der Waals surface area (Å²) in [7, 11) is 1.68. The number of hydrogen-bond acceptors (Lipinski definition) is 5. The first-order valence-corrected chi connectivity index (χ1v) is 8.59. The van der Waals surface area contributed by atoms with Crippen molar-refractivity contribution in [2.45, 2.75) is 25.8 Å². The molecule has 1 aromatic heterocycles. The van der Waals surface area contributed by atoms with Crippen LogP contribution in [-0.4, -0.2) is 12.3 Å². The smallest absolute Gasteiger partial charge is 0.144 e. The normalized spacial score (nSPS) is 15.3. The molecule has 0 bridgehead atoms. The summed E-state index contributed by atoms with van der Waals surface area (Å²) in [5.74, 6) is 1.76. The zero-order valence-corrected chi connectivity index (χ0v) is 14.7. The zero-order chi connectivity index (χ0) is 18.1. The van der Waals surface area contributed by atoms with Gasteiger partial charge in [0.25, 0.3) is 0 Å². The molecule has 0 amide bonds. The van der Waals surface area contributed by atoms with Crippen molar-refractivity contribution < 1.29 is 9.26 Å². The van der Waals surface area contributed by atoms with Gasteiger partial charge < -0.3 is 14.6 Å². The molecule has 0 saturated heterocycles. The number of ether oxygens (including phenoxy) is 1. The van der Waals surface area contributed by atoms with E-state index in [0.29, 0.717) is 5.56 Å². The van der Waals surface area contributed by atoms with Gasteiger partial charge in [0.15, 0.2) is 0 Å². The maximum absolute atomic E-state index is 8.98. The van der Waals surface area contributed by atoms with Gasteiger partial charge in [0.2, 0.25) is 0 Å². The third-order valence-corrected chi connectivity index (χ3v) is 4.85. The summed E-state index contributed by atoms with van der Waals surface area (Å²) in [5, 5.41) is 16.7. The van der Waals surface area contributed by atoms with Crippen molar-refractivity contribution in [3.63, 3.8) is 0 Å². The van der Waals surface area contributed by atoms with Crippen LogP contribution in [0.1, 0.15) is 35.0 Å². The van der Waals surface area contributed by atoms with E-state index in [0.717, 1.165) is 46.9 Å². The molecule has 5 heteroatoms. The number of anilines is 1. The minimum absolute atomic E-state index is 0.107. The Balaban J connectivity index is 1.76. The SMILES string of the molecule is COc1ccc2c(c1)C(Nc1ccc(C#N)cc1)CCc1onc(C)c1-2. The quantitative estimate of drug-likeness (QED) is 0.749. The highest BCUT2D eigenvalue weighted by Gasteiger charge is 2.27. The molecule has 1 aliphatic carbocycles. The Morgan fingerprint density at radius 1 is 1.23 bits per heavy atom. The Labute approximate surface area is 152 Å². The minimum Gasteiger partial charge on any atom is -0.497 e. The Morgan fingerprint density at radius 2 is 2.04 bits per heavy atom. The summed E-state index contributed by atoms with van der Waals surface area (Å²) in [6.07, 6.45) is 1.68. The standard InChI is InChI=1S/C21H19N3O2/c1-13-21-17-8-7-16(25-2)11-18(17)19(9-10-20(21)26-24-13)23-15-5-3-14(12-22)4-6-15/h3-8,11,19,23H,9-10H2,1-2H3. The third kappa shape index (κ3) is 2.80. The average molecular weight is 345 g/mol. The Kier molecular flexibility index (Phi) is 4.10. The van der Waals surface area contributed by atoms with Gasteiger partial charge in [-0.25, -0.2) is 0 Å². The van der Waals surface area contributed by atoms with E-state index < -0.39 is 0 Å². The molecule has 1 N–H and O–H groups in total. The fourth-order valence-corrected chi connectivity index (χ4v) is 3.54. The molecular weight excluding hydrogens is 326 g/mol. The van der Waals surface area contributed by atoms with Crippen molar-refractivity contribution in [2.24, 2.45) is 0 Å². The average Bonchev–Trinajstić information content (AvgIpc) is 2.97. The molecule has 1 atom stereocenters. The van der Waals surface area contributed by atoms with E-state index >= 15 is 0 Å². The molecule has 26 heavy (non-hydrogen) atoms. The maximum Gasteiger partial charge on any atom is 0.144 e. The number of benzene rings is 2. The molecule has 5 nitrogen and oxygen atoms in total. The molecule has 130 valence electrons. The zero-order valence-electron chi connectivity index (χ0n) is 14.7. The van der Waals surface area contributed by atoms with Crippen LogP contribution in [0.3, 0.4) is 0 Å². The van der Waals surface area contributed by atoms with Crippen molar-refractivity contribution in [2.75, 3.05) is 12.4 Å². The van der Waals surface area contributed by atoms with Gasteiger partial charge in [0.1, 0.15) is 11.5 Å². The summed E-state index contributed by atoms with van der Waals surface area (Å²) < 4.78 is 11.0. The highest BCUT2D eigenvalue weighted by Crippen LogP contribution is 2.41. The van der Waals surface area contributed by atoms with E-state index in [9.17, 15) is 0 Å². The van der Waals surface area contributed by atoms with Crippen LogP contribution in [0.2, 0.25) is 0 Å². The number of nitrogens with one attached hydrogen (secondary N) is 1. The lowest BCUT2D eigenvalue weighted by Crippen LogP contribution is -2.11. The van der Waals surface area contributed by atoms with Crippen LogP contribution >= 0.6 is 0 Å². The van der Waals surface area contributed by atoms with Gasteiger partial charge >= 0.3 is 0 Å². The van der Waals surface area contributed by atoms with Gasteiger partial charge in [-0.05, 0) is 60.9 Å². The molecule has 3 aromatic rings. The van der Waals surface area contributed by atoms with E-state index in [2.05, 4.69) is 28.7 Å². The summed E-state index contributed by atoms with van der Waals surface area (Å²) >= 11 is 0.